The minimum absolute atomic E-state index is 0.0426. The molecule has 2 aliphatic heterocycles. The highest BCUT2D eigenvalue weighted by atomic mass is 19.4. The molecule has 0 N–H and O–H groups in total. The SMILES string of the molecule is CC1(C)OB(c2cc(F)c(CC(=O)N3CCCC(C(F)(F)F)C3)cc2F)OC1(C)C. The van der Waals surface area contributed by atoms with Crippen LogP contribution in [0.3, 0.4) is 0 Å². The minimum Gasteiger partial charge on any atom is -0.399 e. The van der Waals surface area contributed by atoms with Crippen molar-refractivity contribution in [2.24, 2.45) is 5.92 Å². The molecule has 3 rings (SSSR count). The number of nitrogens with zero attached hydrogens (tertiary/aromatic N) is 1. The number of rotatable bonds is 3. The first-order valence-corrected chi connectivity index (χ1v) is 9.89. The summed E-state index contributed by atoms with van der Waals surface area (Å²) in [5.41, 5.74) is -1.82. The van der Waals surface area contributed by atoms with Crippen LogP contribution in [0.5, 0.6) is 0 Å². The maximum Gasteiger partial charge on any atom is 0.497 e. The van der Waals surface area contributed by atoms with Crippen LogP contribution in [0.1, 0.15) is 46.1 Å². The molecule has 0 radical (unpaired) electrons. The van der Waals surface area contributed by atoms with Gasteiger partial charge in [0, 0.05) is 18.6 Å². The highest BCUT2D eigenvalue weighted by Crippen LogP contribution is 2.37. The van der Waals surface area contributed by atoms with E-state index < -0.39 is 60.9 Å². The molecule has 2 heterocycles. The Morgan fingerprint density at radius 2 is 1.73 bits per heavy atom. The number of likely N-dealkylation sites (tertiary alicyclic amines) is 1. The molecule has 1 aromatic rings. The van der Waals surface area contributed by atoms with Crippen molar-refractivity contribution in [3.05, 3.63) is 29.3 Å². The topological polar surface area (TPSA) is 38.8 Å². The van der Waals surface area contributed by atoms with Crippen molar-refractivity contribution in [1.82, 2.24) is 4.90 Å². The lowest BCUT2D eigenvalue weighted by molar-refractivity contribution is -0.187. The van der Waals surface area contributed by atoms with Gasteiger partial charge in [0.25, 0.3) is 0 Å². The summed E-state index contributed by atoms with van der Waals surface area (Å²) in [4.78, 5) is 13.5. The molecule has 4 nitrogen and oxygen atoms in total. The summed E-state index contributed by atoms with van der Waals surface area (Å²) in [6.07, 6.45) is -4.73. The Bertz CT molecular complexity index is 811. The van der Waals surface area contributed by atoms with Crippen molar-refractivity contribution < 1.29 is 36.1 Å². The molecule has 10 heteroatoms. The van der Waals surface area contributed by atoms with Gasteiger partial charge in [0.1, 0.15) is 11.6 Å². The van der Waals surface area contributed by atoms with Crippen molar-refractivity contribution in [2.75, 3.05) is 13.1 Å². The largest absolute Gasteiger partial charge is 0.497 e. The van der Waals surface area contributed by atoms with Gasteiger partial charge in [-0.05, 0) is 58.2 Å². The van der Waals surface area contributed by atoms with Gasteiger partial charge >= 0.3 is 13.3 Å². The quantitative estimate of drug-likeness (QED) is 0.540. The Morgan fingerprint density at radius 3 is 2.30 bits per heavy atom. The molecule has 166 valence electrons. The second-order valence-electron chi connectivity index (χ2n) is 8.95. The summed E-state index contributed by atoms with van der Waals surface area (Å²) >= 11 is 0. The molecule has 0 spiro atoms. The number of piperidine rings is 1. The third-order valence-corrected chi connectivity index (χ3v) is 6.25. The van der Waals surface area contributed by atoms with Crippen molar-refractivity contribution >= 4 is 18.5 Å². The van der Waals surface area contributed by atoms with Crippen LogP contribution in [0.25, 0.3) is 0 Å². The average Bonchev–Trinajstić information content (AvgIpc) is 2.84. The first-order chi connectivity index (χ1) is 13.7. The molecular formula is C20H25BF5NO3. The molecule has 0 aliphatic carbocycles. The summed E-state index contributed by atoms with van der Waals surface area (Å²) in [6.45, 7) is 6.82. The van der Waals surface area contributed by atoms with Gasteiger partial charge in [-0.3, -0.25) is 4.79 Å². The first-order valence-electron chi connectivity index (χ1n) is 9.89. The van der Waals surface area contributed by atoms with E-state index in [0.717, 1.165) is 17.0 Å². The fourth-order valence-electron chi connectivity index (χ4n) is 3.64. The van der Waals surface area contributed by atoms with E-state index in [1.807, 2.05) is 0 Å². The van der Waals surface area contributed by atoms with Gasteiger partial charge in [0.05, 0.1) is 23.5 Å². The zero-order valence-corrected chi connectivity index (χ0v) is 17.4. The van der Waals surface area contributed by atoms with Crippen LogP contribution in [0.4, 0.5) is 22.0 Å². The Morgan fingerprint density at radius 1 is 1.13 bits per heavy atom. The van der Waals surface area contributed by atoms with E-state index in [1.54, 1.807) is 27.7 Å². The molecule has 2 saturated heterocycles. The maximum atomic E-state index is 14.7. The van der Waals surface area contributed by atoms with E-state index in [-0.39, 0.29) is 30.4 Å². The van der Waals surface area contributed by atoms with E-state index in [9.17, 15) is 26.7 Å². The highest BCUT2D eigenvalue weighted by Gasteiger charge is 2.52. The predicted molar refractivity (Wildman–Crippen MR) is 101 cm³/mol. The molecule has 1 unspecified atom stereocenters. The Balaban J connectivity index is 1.74. The van der Waals surface area contributed by atoms with E-state index >= 15 is 0 Å². The van der Waals surface area contributed by atoms with Crippen molar-refractivity contribution in [3.63, 3.8) is 0 Å². The van der Waals surface area contributed by atoms with Crippen molar-refractivity contribution in [3.8, 4) is 0 Å². The van der Waals surface area contributed by atoms with Crippen LogP contribution in [0.2, 0.25) is 0 Å². The lowest BCUT2D eigenvalue weighted by atomic mass is 9.78. The standard InChI is InChI=1S/C20H25BF5NO3/c1-18(2)19(3,4)30-21(29-18)14-10-15(22)12(8-16(14)23)9-17(28)27-7-5-6-13(11-27)20(24,25)26/h8,10,13H,5-7,9,11H2,1-4H3. The highest BCUT2D eigenvalue weighted by molar-refractivity contribution is 6.62. The van der Waals surface area contributed by atoms with Crippen LogP contribution < -0.4 is 5.46 Å². The molecule has 0 bridgehead atoms. The number of halogens is 5. The normalized spacial score (nSPS) is 23.7. The molecular weight excluding hydrogens is 408 g/mol. The lowest BCUT2D eigenvalue weighted by Crippen LogP contribution is -2.45. The zero-order valence-electron chi connectivity index (χ0n) is 17.4. The number of carbonyl (C=O) groups is 1. The van der Waals surface area contributed by atoms with Gasteiger partial charge < -0.3 is 14.2 Å². The molecule has 0 aromatic heterocycles. The van der Waals surface area contributed by atoms with Crippen molar-refractivity contribution in [1.29, 1.82) is 0 Å². The molecule has 2 fully saturated rings. The van der Waals surface area contributed by atoms with E-state index in [2.05, 4.69) is 0 Å². The number of amides is 1. The average molecular weight is 433 g/mol. The second-order valence-corrected chi connectivity index (χ2v) is 8.95. The number of hydrogen-bond acceptors (Lipinski definition) is 3. The number of alkyl halides is 3. The van der Waals surface area contributed by atoms with Crippen LogP contribution in [0.15, 0.2) is 12.1 Å². The summed E-state index contributed by atoms with van der Waals surface area (Å²) < 4.78 is 79.7. The van der Waals surface area contributed by atoms with E-state index in [1.165, 1.54) is 0 Å². The van der Waals surface area contributed by atoms with Crippen LogP contribution in [0, 0.1) is 17.6 Å². The predicted octanol–water partition coefficient (Wildman–Crippen LogP) is 3.61. The van der Waals surface area contributed by atoms with E-state index in [0.29, 0.717) is 0 Å². The number of hydrogen-bond donors (Lipinski definition) is 0. The summed E-state index contributed by atoms with van der Waals surface area (Å²) in [7, 11) is -1.11. The Kier molecular flexibility index (Phi) is 5.97. The van der Waals surface area contributed by atoms with Gasteiger partial charge in [0.15, 0.2) is 0 Å². The smallest absolute Gasteiger partial charge is 0.399 e. The Hall–Kier alpha value is -1.68. The maximum absolute atomic E-state index is 14.7. The first kappa shape index (κ1) is 23.0. The summed E-state index contributed by atoms with van der Waals surface area (Å²) in [5, 5.41) is 0. The van der Waals surface area contributed by atoms with Gasteiger partial charge in [-0.25, -0.2) is 8.78 Å². The Labute approximate surface area is 172 Å². The number of carbonyl (C=O) groups excluding carboxylic acids is 1. The second kappa shape index (κ2) is 7.78. The lowest BCUT2D eigenvalue weighted by Gasteiger charge is -2.33. The van der Waals surface area contributed by atoms with Gasteiger partial charge in [0.2, 0.25) is 5.91 Å². The third kappa shape index (κ3) is 4.49. The molecule has 1 atom stereocenters. The molecule has 1 aromatic carbocycles. The minimum atomic E-state index is -4.39. The summed E-state index contributed by atoms with van der Waals surface area (Å²) in [6, 6.07) is 1.81. The molecule has 2 aliphatic rings. The van der Waals surface area contributed by atoms with Crippen molar-refractivity contribution in [2.45, 2.75) is 64.3 Å². The number of benzene rings is 1. The molecule has 30 heavy (non-hydrogen) atoms. The van der Waals surface area contributed by atoms with Crippen LogP contribution >= 0.6 is 0 Å². The van der Waals surface area contributed by atoms with Gasteiger partial charge in [-0.2, -0.15) is 13.2 Å². The fraction of sp³-hybridized carbons (Fsp3) is 0.650. The fourth-order valence-corrected chi connectivity index (χ4v) is 3.64. The zero-order chi connectivity index (χ0) is 22.5. The third-order valence-electron chi connectivity index (χ3n) is 6.25. The van der Waals surface area contributed by atoms with Gasteiger partial charge in [-0.1, -0.05) is 0 Å². The van der Waals surface area contributed by atoms with Crippen LogP contribution in [-0.2, 0) is 20.5 Å². The molecule has 0 saturated carbocycles. The summed E-state index contributed by atoms with van der Waals surface area (Å²) in [5.74, 6) is -3.89. The van der Waals surface area contributed by atoms with E-state index in [4.69, 9.17) is 9.31 Å². The van der Waals surface area contributed by atoms with Crippen LogP contribution in [-0.4, -0.2) is 48.4 Å². The van der Waals surface area contributed by atoms with Gasteiger partial charge in [-0.15, -0.1) is 0 Å². The monoisotopic (exact) mass is 433 g/mol. The molecule has 1 amide bonds.